The van der Waals surface area contributed by atoms with Crippen molar-refractivity contribution in [1.29, 1.82) is 0 Å². The maximum absolute atomic E-state index is 12.8. The van der Waals surface area contributed by atoms with E-state index in [0.29, 0.717) is 43.2 Å². The van der Waals surface area contributed by atoms with Crippen LogP contribution in [0.4, 0.5) is 11.5 Å². The minimum atomic E-state index is -3.58. The van der Waals surface area contributed by atoms with Crippen molar-refractivity contribution >= 4 is 39.8 Å². The van der Waals surface area contributed by atoms with Gasteiger partial charge in [-0.2, -0.15) is 4.31 Å². The van der Waals surface area contributed by atoms with Crippen molar-refractivity contribution < 1.29 is 17.9 Å². The average molecular weight is 427 g/mol. The van der Waals surface area contributed by atoms with E-state index in [1.807, 2.05) is 0 Å². The zero-order valence-corrected chi connectivity index (χ0v) is 17.0. The smallest absolute Gasteiger partial charge is 0.243 e. The Morgan fingerprint density at radius 2 is 1.82 bits per heavy atom. The van der Waals surface area contributed by atoms with E-state index in [1.54, 1.807) is 24.3 Å². The number of piperidine rings is 1. The number of nitrogens with one attached hydrogen (secondary N) is 1. The molecule has 0 radical (unpaired) electrons. The molecule has 0 unspecified atom stereocenters. The third-order valence-corrected chi connectivity index (χ3v) is 6.49. The minimum Gasteiger partial charge on any atom is -0.497 e. The van der Waals surface area contributed by atoms with E-state index in [-0.39, 0.29) is 29.1 Å². The highest BCUT2D eigenvalue weighted by molar-refractivity contribution is 7.89. The number of nitrogens with zero attached hydrogens (tertiary/aromatic N) is 2. The number of benzene rings is 1. The molecule has 2 aromatic rings. The fraction of sp³-hybridized carbons (Fsp3) is 0.333. The summed E-state index contributed by atoms with van der Waals surface area (Å²) in [5.74, 6) is 0.597. The van der Waals surface area contributed by atoms with Gasteiger partial charge in [-0.3, -0.25) is 4.79 Å². The summed E-state index contributed by atoms with van der Waals surface area (Å²) >= 11 is 0. The van der Waals surface area contributed by atoms with Crippen molar-refractivity contribution in [3.63, 3.8) is 0 Å². The predicted octanol–water partition coefficient (Wildman–Crippen LogP) is 2.13. The van der Waals surface area contributed by atoms with E-state index >= 15 is 0 Å². The maximum Gasteiger partial charge on any atom is 0.243 e. The quantitative estimate of drug-likeness (QED) is 0.756. The summed E-state index contributed by atoms with van der Waals surface area (Å²) in [7, 11) is -2.05. The fourth-order valence-electron chi connectivity index (χ4n) is 2.98. The third-order valence-electron chi connectivity index (χ3n) is 4.58. The molecule has 1 aromatic heterocycles. The molecule has 1 fully saturated rings. The van der Waals surface area contributed by atoms with Gasteiger partial charge in [0, 0.05) is 19.0 Å². The van der Waals surface area contributed by atoms with Gasteiger partial charge in [0.25, 0.3) is 0 Å². The highest BCUT2D eigenvalue weighted by atomic mass is 35.5. The molecule has 28 heavy (non-hydrogen) atoms. The van der Waals surface area contributed by atoms with Gasteiger partial charge in [-0.25, -0.2) is 13.4 Å². The van der Waals surface area contributed by atoms with Crippen LogP contribution in [0, 0.1) is 5.92 Å². The second-order valence-electron chi connectivity index (χ2n) is 6.31. The van der Waals surface area contributed by atoms with E-state index in [9.17, 15) is 13.2 Å². The molecule has 1 aromatic carbocycles. The topological polar surface area (TPSA) is 115 Å². The lowest BCUT2D eigenvalue weighted by Gasteiger charge is -2.30. The first kappa shape index (κ1) is 21.9. The Labute approximate surface area is 170 Å². The Morgan fingerprint density at radius 3 is 2.36 bits per heavy atom. The van der Waals surface area contributed by atoms with Gasteiger partial charge in [0.15, 0.2) is 0 Å². The van der Waals surface area contributed by atoms with E-state index in [1.165, 1.54) is 29.7 Å². The van der Waals surface area contributed by atoms with Gasteiger partial charge in [-0.15, -0.1) is 12.4 Å². The number of ether oxygens (including phenoxy) is 1. The van der Waals surface area contributed by atoms with Crippen LogP contribution in [0.2, 0.25) is 0 Å². The first-order valence-corrected chi connectivity index (χ1v) is 10.0. The number of hydrogen-bond donors (Lipinski definition) is 2. The second kappa shape index (κ2) is 9.22. The summed E-state index contributed by atoms with van der Waals surface area (Å²) in [5, 5.41) is 2.80. The number of aromatic nitrogens is 1. The number of hydrogen-bond acceptors (Lipinski definition) is 6. The number of sulfonamides is 1. The Morgan fingerprint density at radius 1 is 1.18 bits per heavy atom. The summed E-state index contributed by atoms with van der Waals surface area (Å²) in [6, 6.07) is 9.59. The average Bonchev–Trinajstić information content (AvgIpc) is 2.70. The maximum atomic E-state index is 12.8. The molecule has 0 bridgehead atoms. The van der Waals surface area contributed by atoms with Crippen LogP contribution in [-0.4, -0.2) is 43.8 Å². The van der Waals surface area contributed by atoms with Gasteiger partial charge >= 0.3 is 0 Å². The van der Waals surface area contributed by atoms with Gasteiger partial charge in [-0.05, 0) is 49.2 Å². The van der Waals surface area contributed by atoms with E-state index in [0.717, 1.165) is 0 Å². The van der Waals surface area contributed by atoms with Crippen molar-refractivity contribution in [1.82, 2.24) is 9.29 Å². The number of halogens is 1. The summed E-state index contributed by atoms with van der Waals surface area (Å²) in [6.45, 7) is 0.596. The van der Waals surface area contributed by atoms with Crippen LogP contribution < -0.4 is 15.8 Å². The van der Waals surface area contributed by atoms with Crippen molar-refractivity contribution in [3.8, 4) is 5.75 Å². The number of carbonyl (C=O) groups is 1. The molecule has 1 saturated heterocycles. The highest BCUT2D eigenvalue weighted by Gasteiger charge is 2.32. The summed E-state index contributed by atoms with van der Waals surface area (Å²) in [4.78, 5) is 16.6. The Balaban J connectivity index is 0.00000280. The number of carbonyl (C=O) groups excluding carboxylic acids is 1. The molecule has 0 saturated carbocycles. The number of amides is 1. The molecule has 2 heterocycles. The molecule has 0 aliphatic carbocycles. The molecule has 10 heteroatoms. The first-order chi connectivity index (χ1) is 12.9. The predicted molar refractivity (Wildman–Crippen MR) is 109 cm³/mol. The van der Waals surface area contributed by atoms with Gasteiger partial charge in [0.1, 0.15) is 11.6 Å². The lowest BCUT2D eigenvalue weighted by atomic mass is 9.97. The van der Waals surface area contributed by atoms with Crippen molar-refractivity contribution in [3.05, 3.63) is 42.6 Å². The summed E-state index contributed by atoms with van der Waals surface area (Å²) < 4.78 is 32.0. The largest absolute Gasteiger partial charge is 0.497 e. The van der Waals surface area contributed by atoms with Crippen LogP contribution in [0.5, 0.6) is 5.75 Å². The number of rotatable bonds is 5. The molecule has 3 rings (SSSR count). The molecule has 1 aliphatic rings. The zero-order chi connectivity index (χ0) is 19.4. The van der Waals surface area contributed by atoms with Gasteiger partial charge in [0.2, 0.25) is 15.9 Å². The van der Waals surface area contributed by atoms with E-state index in [2.05, 4.69) is 10.3 Å². The van der Waals surface area contributed by atoms with Crippen molar-refractivity contribution in [2.75, 3.05) is 31.2 Å². The number of methoxy groups -OCH3 is 1. The number of anilines is 2. The normalized spacial score (nSPS) is 15.5. The third kappa shape index (κ3) is 4.92. The van der Waals surface area contributed by atoms with Gasteiger partial charge in [-0.1, -0.05) is 0 Å². The van der Waals surface area contributed by atoms with Crippen LogP contribution in [-0.2, 0) is 14.8 Å². The Kier molecular flexibility index (Phi) is 7.22. The van der Waals surface area contributed by atoms with Crippen LogP contribution in [0.3, 0.4) is 0 Å². The molecular weight excluding hydrogens is 404 g/mol. The molecule has 0 spiro atoms. The number of pyridine rings is 1. The van der Waals surface area contributed by atoms with Crippen LogP contribution in [0.25, 0.3) is 0 Å². The molecule has 152 valence electrons. The van der Waals surface area contributed by atoms with Crippen LogP contribution in [0.15, 0.2) is 47.5 Å². The highest BCUT2D eigenvalue weighted by Crippen LogP contribution is 2.26. The standard InChI is InChI=1S/C18H22N4O4S.ClH/c1-26-15-3-5-16(6-4-15)27(24,25)22-10-8-13(9-11-22)18(23)21-14-2-7-17(19)20-12-14;/h2-7,12-13H,8-11H2,1H3,(H2,19,20)(H,21,23);1H. The lowest BCUT2D eigenvalue weighted by molar-refractivity contribution is -0.120. The SMILES string of the molecule is COc1ccc(S(=O)(=O)N2CCC(C(=O)Nc3ccc(N)nc3)CC2)cc1.Cl. The Bertz CT molecular complexity index is 896. The first-order valence-electron chi connectivity index (χ1n) is 8.57. The lowest BCUT2D eigenvalue weighted by Crippen LogP contribution is -2.41. The van der Waals surface area contributed by atoms with Gasteiger partial charge in [0.05, 0.1) is 23.9 Å². The van der Waals surface area contributed by atoms with Crippen molar-refractivity contribution in [2.45, 2.75) is 17.7 Å². The molecule has 1 aliphatic heterocycles. The molecular formula is C18H23ClN4O4S. The molecule has 8 nitrogen and oxygen atoms in total. The number of nitrogen functional groups attached to an aromatic ring is 1. The zero-order valence-electron chi connectivity index (χ0n) is 15.4. The number of nitrogens with two attached hydrogens (primary N) is 1. The Hall–Kier alpha value is -2.36. The molecule has 0 atom stereocenters. The van der Waals surface area contributed by atoms with Gasteiger partial charge < -0.3 is 15.8 Å². The fourth-order valence-corrected chi connectivity index (χ4v) is 4.45. The summed E-state index contributed by atoms with van der Waals surface area (Å²) in [6.07, 6.45) is 2.42. The van der Waals surface area contributed by atoms with E-state index < -0.39 is 10.0 Å². The summed E-state index contributed by atoms with van der Waals surface area (Å²) in [5.41, 5.74) is 6.10. The minimum absolute atomic E-state index is 0. The van der Waals surface area contributed by atoms with Crippen molar-refractivity contribution in [2.24, 2.45) is 5.92 Å². The van der Waals surface area contributed by atoms with E-state index in [4.69, 9.17) is 10.5 Å². The second-order valence-corrected chi connectivity index (χ2v) is 8.25. The molecule has 1 amide bonds. The van der Waals surface area contributed by atoms with Crippen LogP contribution >= 0.6 is 12.4 Å². The van der Waals surface area contributed by atoms with Crippen LogP contribution in [0.1, 0.15) is 12.8 Å². The molecule has 3 N–H and O–H groups in total. The monoisotopic (exact) mass is 426 g/mol.